The second-order valence-corrected chi connectivity index (χ2v) is 21.3. The third kappa shape index (κ3) is 10.0. The molecule has 76 heavy (non-hydrogen) atoms. The van der Waals surface area contributed by atoms with E-state index in [-0.39, 0.29) is 49.6 Å². The van der Waals surface area contributed by atoms with Crippen molar-refractivity contribution in [3.05, 3.63) is 241 Å². The van der Waals surface area contributed by atoms with Gasteiger partial charge in [-0.25, -0.2) is 4.98 Å². The second kappa shape index (κ2) is 21.4. The number of pyridine rings is 1. The summed E-state index contributed by atoms with van der Waals surface area (Å²) in [6.07, 6.45) is 1.86. The number of aromatic nitrogens is 3. The van der Waals surface area contributed by atoms with E-state index in [4.69, 9.17) is 9.97 Å². The van der Waals surface area contributed by atoms with Gasteiger partial charge in [0.2, 0.25) is 0 Å². The van der Waals surface area contributed by atoms with Crippen LogP contribution in [0.5, 0.6) is 5.75 Å². The van der Waals surface area contributed by atoms with Crippen LogP contribution in [0.15, 0.2) is 212 Å². The first kappa shape index (κ1) is 47.8. The minimum atomic E-state index is -2.57. The number of rotatable bonds is 11. The number of phenols is 1. The van der Waals surface area contributed by atoms with Gasteiger partial charge in [0.15, 0.2) is 0 Å². The number of hydrogen-bond donors (Lipinski definition) is 1. The summed E-state index contributed by atoms with van der Waals surface area (Å²) in [4.78, 5) is 10.5. The third-order valence-corrected chi connectivity index (χ3v) is 14.5. The molecule has 1 N–H and O–H groups in total. The Morgan fingerprint density at radius 1 is 0.526 bits per heavy atom. The molecular formula is C71H62N3OPt-. The maximum absolute atomic E-state index is 12.5. The number of aryl methyl sites for hydroxylation is 1. The van der Waals surface area contributed by atoms with Crippen molar-refractivity contribution in [3.63, 3.8) is 0 Å². The number of benzene rings is 9. The van der Waals surface area contributed by atoms with E-state index in [0.29, 0.717) is 28.1 Å². The normalized spacial score (nSPS) is 12.4. The smallest absolute Gasteiger partial charge is 0.148 e. The van der Waals surface area contributed by atoms with Gasteiger partial charge < -0.3 is 5.11 Å². The Morgan fingerprint density at radius 2 is 1.12 bits per heavy atom. The monoisotopic (exact) mass is 1170 g/mol. The molecule has 0 radical (unpaired) electrons. The van der Waals surface area contributed by atoms with Crippen molar-refractivity contribution in [1.82, 2.24) is 14.5 Å². The molecule has 2 heterocycles. The standard InChI is InChI=1S/C71H62N3O.Pt/c1-45(2)55-42-61(46(3)4)69(75)62(43-55)70-73-68-60(27-19-29-66(68)74(70)65-35-34-54(38-47(65)5)67-59(52-24-16-11-17-25-52)26-18-28-63(67)71(6,7)8)57-39-56(49-22-14-10-15-23-49)40-58(41-57)64-44-53(36-37-72-64)51-32-30-50(31-33-51)48-20-12-9-13-21-48;/h9-40,42-46,75H,1-8H3;/q-1;/i5D3;. The van der Waals surface area contributed by atoms with Crippen molar-refractivity contribution in [2.45, 2.75) is 72.6 Å². The molecule has 11 rings (SSSR count). The molecule has 0 amide bonds. The first-order valence-electron chi connectivity index (χ1n) is 27.5. The van der Waals surface area contributed by atoms with Gasteiger partial charge in [-0.1, -0.05) is 229 Å². The van der Waals surface area contributed by atoms with E-state index in [0.717, 1.165) is 89.1 Å². The average molecular weight is 1170 g/mol. The van der Waals surface area contributed by atoms with Gasteiger partial charge in [-0.2, -0.15) is 0 Å². The maximum atomic E-state index is 12.5. The number of imidazole rings is 1. The molecule has 11 aromatic rings. The van der Waals surface area contributed by atoms with Crippen molar-refractivity contribution in [1.29, 1.82) is 0 Å². The Labute approximate surface area is 467 Å². The van der Waals surface area contributed by atoms with Crippen LogP contribution in [0.2, 0.25) is 0 Å². The Hall–Kier alpha value is -7.91. The van der Waals surface area contributed by atoms with Gasteiger partial charge >= 0.3 is 0 Å². The Morgan fingerprint density at radius 3 is 1.76 bits per heavy atom. The number of phenolic OH excluding ortho intramolecular Hbond substituents is 1. The second-order valence-electron chi connectivity index (χ2n) is 21.3. The van der Waals surface area contributed by atoms with Crippen molar-refractivity contribution in [2.24, 2.45) is 0 Å². The molecule has 0 aliphatic heterocycles. The van der Waals surface area contributed by atoms with E-state index in [1.54, 1.807) is 0 Å². The summed E-state index contributed by atoms with van der Waals surface area (Å²) in [5.41, 5.74) is 18.6. The van der Waals surface area contributed by atoms with Gasteiger partial charge in [-0.3, -0.25) is 9.55 Å². The Bertz CT molecular complexity index is 3990. The SMILES string of the molecule is [2H]C([2H])([2H])c1cc(-c2c(-c3ccccc3)cccc2C(C)(C)C)ccc1-n1c(-c2cc(C(C)C)cc(C(C)C)c2O)nc2c(-c3[c-]c(-c4cc(-c5ccc(-c6ccccc6)cc5)ccn4)cc(-c4ccccc4)c3)cccc21.[Pt]. The summed E-state index contributed by atoms with van der Waals surface area (Å²) >= 11 is 0. The van der Waals surface area contributed by atoms with Gasteiger partial charge in [-0.15, -0.1) is 23.8 Å². The van der Waals surface area contributed by atoms with Gasteiger partial charge in [0, 0.05) is 37.1 Å². The van der Waals surface area contributed by atoms with Crippen LogP contribution in [0.3, 0.4) is 0 Å². The molecule has 378 valence electrons. The molecule has 0 aliphatic carbocycles. The van der Waals surface area contributed by atoms with Crippen LogP contribution >= 0.6 is 0 Å². The summed E-state index contributed by atoms with van der Waals surface area (Å²) in [6.45, 7) is 12.5. The van der Waals surface area contributed by atoms with Crippen LogP contribution in [0.1, 0.15) is 86.7 Å². The van der Waals surface area contributed by atoms with Crippen LogP contribution in [-0.4, -0.2) is 19.6 Å². The molecule has 4 nitrogen and oxygen atoms in total. The number of aromatic hydroxyl groups is 1. The zero-order valence-electron chi connectivity index (χ0n) is 47.0. The minimum Gasteiger partial charge on any atom is -0.507 e. The van der Waals surface area contributed by atoms with Crippen molar-refractivity contribution < 1.29 is 30.3 Å². The fourth-order valence-electron chi connectivity index (χ4n) is 10.5. The zero-order chi connectivity index (χ0) is 54.5. The summed E-state index contributed by atoms with van der Waals surface area (Å²) < 4.78 is 29.9. The van der Waals surface area contributed by atoms with Gasteiger partial charge in [0.1, 0.15) is 11.6 Å². The summed E-state index contributed by atoms with van der Waals surface area (Å²) in [5, 5.41) is 12.5. The molecule has 2 aromatic heterocycles. The van der Waals surface area contributed by atoms with Crippen LogP contribution < -0.4 is 0 Å². The molecule has 0 bridgehead atoms. The molecule has 0 spiro atoms. The molecule has 0 fully saturated rings. The van der Waals surface area contributed by atoms with E-state index in [1.807, 2.05) is 95.7 Å². The number of hydrogen-bond acceptors (Lipinski definition) is 3. The quantitative estimate of drug-likeness (QED) is 0.131. The van der Waals surface area contributed by atoms with Gasteiger partial charge in [-0.05, 0) is 127 Å². The predicted octanol–water partition coefficient (Wildman–Crippen LogP) is 19.1. The van der Waals surface area contributed by atoms with Crippen LogP contribution in [0.25, 0.3) is 106 Å². The Kier molecular flexibility index (Phi) is 13.4. The number of para-hydroxylation sites is 1. The maximum Gasteiger partial charge on any atom is 0.148 e. The molecular weight excluding hydrogens is 1110 g/mol. The molecule has 9 aromatic carbocycles. The number of fused-ring (bicyclic) bond motifs is 1. The van der Waals surface area contributed by atoms with Crippen LogP contribution in [0, 0.1) is 12.9 Å². The van der Waals surface area contributed by atoms with E-state index in [2.05, 4.69) is 176 Å². The zero-order valence-corrected chi connectivity index (χ0v) is 46.2. The first-order chi connectivity index (χ1) is 37.5. The summed E-state index contributed by atoms with van der Waals surface area (Å²) in [5.74, 6) is 0.671. The molecule has 0 atom stereocenters. The topological polar surface area (TPSA) is 50.9 Å². The molecule has 0 saturated heterocycles. The molecule has 0 unspecified atom stereocenters. The first-order valence-corrected chi connectivity index (χ1v) is 26.0. The molecule has 0 aliphatic rings. The minimum absolute atomic E-state index is 0. The largest absolute Gasteiger partial charge is 0.507 e. The summed E-state index contributed by atoms with van der Waals surface area (Å²) in [6, 6.07) is 74.2. The van der Waals surface area contributed by atoms with Gasteiger partial charge in [0.25, 0.3) is 0 Å². The fraction of sp³-hybridized carbons (Fsp3) is 0.155. The van der Waals surface area contributed by atoms with Gasteiger partial charge in [0.05, 0.1) is 22.3 Å². The number of nitrogens with zero attached hydrogens (tertiary/aromatic N) is 3. The van der Waals surface area contributed by atoms with Crippen molar-refractivity contribution in [3.8, 4) is 101 Å². The predicted molar refractivity (Wildman–Crippen MR) is 314 cm³/mol. The molecule has 5 heteroatoms. The van der Waals surface area contributed by atoms with Crippen LogP contribution in [-0.2, 0) is 26.5 Å². The van der Waals surface area contributed by atoms with Crippen LogP contribution in [0.4, 0.5) is 0 Å². The van der Waals surface area contributed by atoms with E-state index >= 15 is 0 Å². The fourth-order valence-corrected chi connectivity index (χ4v) is 10.5. The third-order valence-electron chi connectivity index (χ3n) is 14.5. The van der Waals surface area contributed by atoms with E-state index < -0.39 is 6.85 Å². The van der Waals surface area contributed by atoms with Crippen molar-refractivity contribution >= 4 is 11.0 Å². The summed E-state index contributed by atoms with van der Waals surface area (Å²) in [7, 11) is 0. The van der Waals surface area contributed by atoms with E-state index in [9.17, 15) is 9.22 Å². The Balaban J connectivity index is 0.00000704. The average Bonchev–Trinajstić information content (AvgIpc) is 3.90. The van der Waals surface area contributed by atoms with E-state index in [1.165, 1.54) is 5.56 Å². The van der Waals surface area contributed by atoms with Crippen molar-refractivity contribution in [2.75, 3.05) is 0 Å². The molecule has 0 saturated carbocycles.